The third kappa shape index (κ3) is 2.63. The summed E-state index contributed by atoms with van der Waals surface area (Å²) in [4.78, 5) is 0. The molecule has 1 aromatic rings. The van der Waals surface area contributed by atoms with Gasteiger partial charge < -0.3 is 5.32 Å². The molecular weight excluding hydrogens is 196 g/mol. The first kappa shape index (κ1) is 10.3. The standard InChI is InChI=1S/C12H13F2N/c13-11-6-4-9(8-12(11)14)3-5-10-2-1-7-15-10/h3-6,8,10,15H,1-2,7H2/b5-3+. The molecule has 1 N–H and O–H groups in total. The van der Waals surface area contributed by atoms with Crippen LogP contribution in [0.1, 0.15) is 18.4 Å². The molecule has 1 aliphatic rings. The third-order valence-corrected chi connectivity index (χ3v) is 2.56. The number of hydrogen-bond acceptors (Lipinski definition) is 1. The Kier molecular flexibility index (Phi) is 3.11. The van der Waals surface area contributed by atoms with Gasteiger partial charge in [-0.15, -0.1) is 0 Å². The molecule has 0 radical (unpaired) electrons. The zero-order valence-electron chi connectivity index (χ0n) is 8.34. The summed E-state index contributed by atoms with van der Waals surface area (Å²) >= 11 is 0. The van der Waals surface area contributed by atoms with Gasteiger partial charge in [-0.3, -0.25) is 0 Å². The predicted molar refractivity (Wildman–Crippen MR) is 56.4 cm³/mol. The summed E-state index contributed by atoms with van der Waals surface area (Å²) in [5.74, 6) is -1.59. The van der Waals surface area contributed by atoms with Crippen LogP contribution in [0, 0.1) is 11.6 Å². The molecule has 0 aliphatic carbocycles. The SMILES string of the molecule is Fc1ccc(/C=C/C2CCCN2)cc1F. The van der Waals surface area contributed by atoms with E-state index in [-0.39, 0.29) is 0 Å². The van der Waals surface area contributed by atoms with Crippen molar-refractivity contribution in [1.29, 1.82) is 0 Å². The lowest BCUT2D eigenvalue weighted by Crippen LogP contribution is -2.17. The smallest absolute Gasteiger partial charge is 0.159 e. The molecule has 15 heavy (non-hydrogen) atoms. The minimum atomic E-state index is -0.800. The van der Waals surface area contributed by atoms with Gasteiger partial charge in [-0.05, 0) is 37.1 Å². The van der Waals surface area contributed by atoms with Crippen molar-refractivity contribution in [3.05, 3.63) is 41.5 Å². The van der Waals surface area contributed by atoms with E-state index in [0.29, 0.717) is 11.6 Å². The van der Waals surface area contributed by atoms with Crippen LogP contribution in [0.2, 0.25) is 0 Å². The first-order valence-electron chi connectivity index (χ1n) is 5.12. The molecule has 1 heterocycles. The number of halogens is 2. The van der Waals surface area contributed by atoms with Gasteiger partial charge >= 0.3 is 0 Å². The van der Waals surface area contributed by atoms with Crippen molar-refractivity contribution in [1.82, 2.24) is 5.32 Å². The summed E-state index contributed by atoms with van der Waals surface area (Å²) in [5.41, 5.74) is 0.697. The zero-order valence-corrected chi connectivity index (χ0v) is 8.34. The van der Waals surface area contributed by atoms with Crippen LogP contribution >= 0.6 is 0 Å². The average Bonchev–Trinajstić information content (AvgIpc) is 2.73. The predicted octanol–water partition coefficient (Wildman–Crippen LogP) is 2.73. The second-order valence-electron chi connectivity index (χ2n) is 3.74. The van der Waals surface area contributed by atoms with Crippen LogP contribution in [0.3, 0.4) is 0 Å². The van der Waals surface area contributed by atoms with Crippen LogP contribution in [-0.4, -0.2) is 12.6 Å². The van der Waals surface area contributed by atoms with Gasteiger partial charge in [0.1, 0.15) is 0 Å². The highest BCUT2D eigenvalue weighted by molar-refractivity contribution is 5.50. The second kappa shape index (κ2) is 4.53. The largest absolute Gasteiger partial charge is 0.311 e. The van der Waals surface area contributed by atoms with Gasteiger partial charge in [0.2, 0.25) is 0 Å². The number of benzene rings is 1. The summed E-state index contributed by atoms with van der Waals surface area (Å²) < 4.78 is 25.5. The molecule has 1 aliphatic heterocycles. The van der Waals surface area contributed by atoms with Crippen LogP contribution in [0.5, 0.6) is 0 Å². The van der Waals surface area contributed by atoms with E-state index in [2.05, 4.69) is 5.32 Å². The fourth-order valence-electron chi connectivity index (χ4n) is 1.72. The fraction of sp³-hybridized carbons (Fsp3) is 0.333. The highest BCUT2D eigenvalue weighted by Crippen LogP contribution is 2.12. The molecule has 0 bridgehead atoms. The van der Waals surface area contributed by atoms with Crippen molar-refractivity contribution in [2.24, 2.45) is 0 Å². The van der Waals surface area contributed by atoms with E-state index in [1.807, 2.05) is 12.2 Å². The monoisotopic (exact) mass is 209 g/mol. The average molecular weight is 209 g/mol. The second-order valence-corrected chi connectivity index (χ2v) is 3.74. The molecular formula is C12H13F2N. The molecule has 0 saturated carbocycles. The lowest BCUT2D eigenvalue weighted by Gasteiger charge is -2.02. The van der Waals surface area contributed by atoms with Crippen molar-refractivity contribution >= 4 is 6.08 Å². The molecule has 80 valence electrons. The van der Waals surface area contributed by atoms with Gasteiger partial charge in [0.15, 0.2) is 11.6 Å². The molecule has 1 unspecified atom stereocenters. The van der Waals surface area contributed by atoms with Gasteiger partial charge in [-0.1, -0.05) is 18.2 Å². The summed E-state index contributed by atoms with van der Waals surface area (Å²) in [5, 5.41) is 3.30. The van der Waals surface area contributed by atoms with E-state index in [1.165, 1.54) is 12.5 Å². The quantitative estimate of drug-likeness (QED) is 0.789. The fourth-order valence-corrected chi connectivity index (χ4v) is 1.72. The first-order chi connectivity index (χ1) is 7.25. The van der Waals surface area contributed by atoms with E-state index < -0.39 is 11.6 Å². The molecule has 1 aromatic carbocycles. The number of nitrogens with one attached hydrogen (secondary N) is 1. The van der Waals surface area contributed by atoms with Gasteiger partial charge in [-0.25, -0.2) is 8.78 Å². The van der Waals surface area contributed by atoms with Gasteiger partial charge in [0.25, 0.3) is 0 Å². The third-order valence-electron chi connectivity index (χ3n) is 2.56. The Hall–Kier alpha value is -1.22. The maximum atomic E-state index is 12.9. The first-order valence-corrected chi connectivity index (χ1v) is 5.12. The number of hydrogen-bond donors (Lipinski definition) is 1. The van der Waals surface area contributed by atoms with Crippen LogP contribution in [0.15, 0.2) is 24.3 Å². The molecule has 0 amide bonds. The minimum absolute atomic E-state index is 0.373. The molecule has 3 heteroatoms. The van der Waals surface area contributed by atoms with Gasteiger partial charge in [-0.2, -0.15) is 0 Å². The van der Waals surface area contributed by atoms with Crippen molar-refractivity contribution in [3.8, 4) is 0 Å². The maximum absolute atomic E-state index is 12.9. The summed E-state index contributed by atoms with van der Waals surface area (Å²) in [6.45, 7) is 1.03. The Morgan fingerprint density at radius 1 is 1.27 bits per heavy atom. The summed E-state index contributed by atoms with van der Waals surface area (Å²) in [6, 6.07) is 4.31. The molecule has 1 saturated heterocycles. The molecule has 1 atom stereocenters. The van der Waals surface area contributed by atoms with Crippen LogP contribution in [-0.2, 0) is 0 Å². The van der Waals surface area contributed by atoms with Crippen molar-refractivity contribution in [2.45, 2.75) is 18.9 Å². The Morgan fingerprint density at radius 2 is 2.13 bits per heavy atom. The van der Waals surface area contributed by atoms with Crippen molar-refractivity contribution < 1.29 is 8.78 Å². The van der Waals surface area contributed by atoms with Crippen molar-refractivity contribution in [3.63, 3.8) is 0 Å². The molecule has 1 nitrogen and oxygen atoms in total. The molecule has 0 aromatic heterocycles. The Balaban J connectivity index is 2.06. The van der Waals surface area contributed by atoms with E-state index in [1.54, 1.807) is 6.07 Å². The van der Waals surface area contributed by atoms with Gasteiger partial charge in [0.05, 0.1) is 0 Å². The van der Waals surface area contributed by atoms with Gasteiger partial charge in [0, 0.05) is 6.04 Å². The maximum Gasteiger partial charge on any atom is 0.159 e. The summed E-state index contributed by atoms with van der Waals surface area (Å²) in [7, 11) is 0. The molecule has 1 fully saturated rings. The topological polar surface area (TPSA) is 12.0 Å². The minimum Gasteiger partial charge on any atom is -0.311 e. The van der Waals surface area contributed by atoms with Crippen LogP contribution in [0.25, 0.3) is 6.08 Å². The Bertz CT molecular complexity index is 368. The Morgan fingerprint density at radius 3 is 2.80 bits per heavy atom. The summed E-state index contributed by atoms with van der Waals surface area (Å²) in [6.07, 6.45) is 6.11. The highest BCUT2D eigenvalue weighted by Gasteiger charge is 2.09. The van der Waals surface area contributed by atoms with E-state index >= 15 is 0 Å². The van der Waals surface area contributed by atoms with Crippen LogP contribution < -0.4 is 5.32 Å². The van der Waals surface area contributed by atoms with E-state index in [4.69, 9.17) is 0 Å². The molecule has 2 rings (SSSR count). The highest BCUT2D eigenvalue weighted by atomic mass is 19.2. The lowest BCUT2D eigenvalue weighted by molar-refractivity contribution is 0.508. The van der Waals surface area contributed by atoms with Crippen LogP contribution in [0.4, 0.5) is 8.78 Å². The zero-order chi connectivity index (χ0) is 10.7. The lowest BCUT2D eigenvalue weighted by atomic mass is 10.1. The van der Waals surface area contributed by atoms with E-state index in [0.717, 1.165) is 19.0 Å². The Labute approximate surface area is 87.8 Å². The van der Waals surface area contributed by atoms with Crippen molar-refractivity contribution in [2.75, 3.05) is 6.54 Å². The molecule has 0 spiro atoms. The number of rotatable bonds is 2. The van der Waals surface area contributed by atoms with E-state index in [9.17, 15) is 8.78 Å². The normalized spacial score (nSPS) is 21.3.